The summed E-state index contributed by atoms with van der Waals surface area (Å²) in [6.45, 7) is 2.49. The van der Waals surface area contributed by atoms with Gasteiger partial charge in [-0.2, -0.15) is 0 Å². The lowest BCUT2D eigenvalue weighted by Crippen LogP contribution is -2.37. The van der Waals surface area contributed by atoms with Gasteiger partial charge in [0.25, 0.3) is 0 Å². The predicted octanol–water partition coefficient (Wildman–Crippen LogP) is 1.73. The first-order valence-electron chi connectivity index (χ1n) is 5.73. The Kier molecular flexibility index (Phi) is 4.64. The molecule has 1 heterocycles. The lowest BCUT2D eigenvalue weighted by molar-refractivity contribution is 0.290. The van der Waals surface area contributed by atoms with Crippen LogP contribution in [-0.4, -0.2) is 45.9 Å². The fourth-order valence-electron chi connectivity index (χ4n) is 1.97. The van der Waals surface area contributed by atoms with Crippen molar-refractivity contribution in [3.8, 4) is 11.5 Å². The maximum Gasteiger partial charge on any atom is 0.172 e. The van der Waals surface area contributed by atoms with E-state index in [4.69, 9.17) is 4.74 Å². The lowest BCUT2D eigenvalue weighted by atomic mass is 10.2. The molecule has 0 saturated carbocycles. The molecule has 18 heavy (non-hydrogen) atoms. The molecule has 0 aromatic heterocycles. The monoisotopic (exact) mass is 333 g/mol. The first kappa shape index (κ1) is 13.8. The number of benzene rings is 1. The maximum absolute atomic E-state index is 11.3. The number of phenols is 1. The van der Waals surface area contributed by atoms with Crippen LogP contribution in [0.15, 0.2) is 16.6 Å². The molecule has 1 aromatic rings. The van der Waals surface area contributed by atoms with E-state index in [9.17, 15) is 9.32 Å². The highest BCUT2D eigenvalue weighted by atomic mass is 79.9. The summed E-state index contributed by atoms with van der Waals surface area (Å²) in [7, 11) is 0.888. The number of rotatable bonds is 3. The van der Waals surface area contributed by atoms with Gasteiger partial charge in [0.2, 0.25) is 0 Å². The zero-order chi connectivity index (χ0) is 13.1. The molecular formula is C12H16BrNO3S. The third-order valence-corrected chi connectivity index (χ3v) is 4.87. The van der Waals surface area contributed by atoms with Crippen molar-refractivity contribution in [1.29, 1.82) is 0 Å². The third kappa shape index (κ3) is 3.24. The number of ether oxygens (including phenoxy) is 1. The molecule has 0 atom stereocenters. The molecule has 0 spiro atoms. The van der Waals surface area contributed by atoms with Crippen LogP contribution in [-0.2, 0) is 17.3 Å². The quantitative estimate of drug-likeness (QED) is 0.915. The van der Waals surface area contributed by atoms with E-state index in [2.05, 4.69) is 20.8 Å². The van der Waals surface area contributed by atoms with Crippen molar-refractivity contribution in [2.24, 2.45) is 0 Å². The van der Waals surface area contributed by atoms with Gasteiger partial charge in [-0.15, -0.1) is 0 Å². The van der Waals surface area contributed by atoms with Crippen molar-refractivity contribution in [1.82, 2.24) is 4.90 Å². The Hall–Kier alpha value is -0.590. The standard InChI is InChI=1S/C12H16BrNO3S/c1-17-11-7-9(6-10(13)12(11)15)8-14-2-4-18(16)5-3-14/h6-7,15H,2-5,8H2,1H3. The van der Waals surface area contributed by atoms with E-state index in [0.29, 0.717) is 10.2 Å². The number of hydrogen-bond donors (Lipinski definition) is 1. The molecule has 0 radical (unpaired) electrons. The molecule has 0 amide bonds. The SMILES string of the molecule is COc1cc(CN2CCS(=O)CC2)cc(Br)c1O. The van der Waals surface area contributed by atoms with Crippen LogP contribution in [0.3, 0.4) is 0 Å². The Bertz CT molecular complexity index is 457. The molecule has 4 nitrogen and oxygen atoms in total. The number of nitrogens with zero attached hydrogens (tertiary/aromatic N) is 1. The minimum atomic E-state index is -0.649. The molecule has 1 aromatic carbocycles. The van der Waals surface area contributed by atoms with Crippen LogP contribution in [0, 0.1) is 0 Å². The number of halogens is 1. The Morgan fingerprint density at radius 1 is 1.44 bits per heavy atom. The summed E-state index contributed by atoms with van der Waals surface area (Å²) < 4.78 is 17.0. The van der Waals surface area contributed by atoms with Crippen molar-refractivity contribution in [3.05, 3.63) is 22.2 Å². The number of phenolic OH excluding ortho intramolecular Hbond substituents is 1. The van der Waals surface area contributed by atoms with Gasteiger partial charge in [0.05, 0.1) is 11.6 Å². The van der Waals surface area contributed by atoms with Crippen molar-refractivity contribution >= 4 is 26.7 Å². The molecular weight excluding hydrogens is 318 g/mol. The van der Waals surface area contributed by atoms with Gasteiger partial charge in [0.1, 0.15) is 0 Å². The van der Waals surface area contributed by atoms with Gasteiger partial charge in [0, 0.05) is 41.9 Å². The maximum atomic E-state index is 11.3. The van der Waals surface area contributed by atoms with E-state index in [1.54, 1.807) is 0 Å². The minimum absolute atomic E-state index is 0.126. The fourth-order valence-corrected chi connectivity index (χ4v) is 3.58. The van der Waals surface area contributed by atoms with Gasteiger partial charge in [-0.3, -0.25) is 9.11 Å². The molecule has 1 aliphatic rings. The zero-order valence-electron chi connectivity index (χ0n) is 10.2. The zero-order valence-corrected chi connectivity index (χ0v) is 12.6. The van der Waals surface area contributed by atoms with E-state index in [1.807, 2.05) is 12.1 Å². The molecule has 1 saturated heterocycles. The summed E-state index contributed by atoms with van der Waals surface area (Å²) >= 11 is 3.31. The second-order valence-electron chi connectivity index (χ2n) is 4.25. The molecule has 0 unspecified atom stereocenters. The van der Waals surface area contributed by atoms with Gasteiger partial charge in [-0.05, 0) is 33.6 Å². The highest BCUT2D eigenvalue weighted by Crippen LogP contribution is 2.35. The van der Waals surface area contributed by atoms with Gasteiger partial charge in [-0.25, -0.2) is 0 Å². The van der Waals surface area contributed by atoms with Gasteiger partial charge >= 0.3 is 0 Å². The van der Waals surface area contributed by atoms with E-state index in [0.717, 1.165) is 36.7 Å². The van der Waals surface area contributed by atoms with Crippen LogP contribution >= 0.6 is 15.9 Å². The summed E-state index contributed by atoms with van der Waals surface area (Å²) in [5.41, 5.74) is 1.07. The second kappa shape index (κ2) is 6.04. The fraction of sp³-hybridized carbons (Fsp3) is 0.500. The Morgan fingerprint density at radius 3 is 2.72 bits per heavy atom. The summed E-state index contributed by atoms with van der Waals surface area (Å²) in [4.78, 5) is 2.26. The smallest absolute Gasteiger partial charge is 0.172 e. The van der Waals surface area contributed by atoms with Crippen LogP contribution in [0.1, 0.15) is 5.56 Å². The second-order valence-corrected chi connectivity index (χ2v) is 6.80. The lowest BCUT2D eigenvalue weighted by Gasteiger charge is -2.26. The molecule has 6 heteroatoms. The van der Waals surface area contributed by atoms with Crippen molar-refractivity contribution in [3.63, 3.8) is 0 Å². The van der Waals surface area contributed by atoms with Gasteiger partial charge in [-0.1, -0.05) is 0 Å². The average molecular weight is 334 g/mol. The molecule has 0 bridgehead atoms. The van der Waals surface area contributed by atoms with Crippen molar-refractivity contribution in [2.75, 3.05) is 31.7 Å². The van der Waals surface area contributed by atoms with Crippen LogP contribution in [0.5, 0.6) is 11.5 Å². The third-order valence-electron chi connectivity index (χ3n) is 2.98. The summed E-state index contributed by atoms with van der Waals surface area (Å²) in [5.74, 6) is 2.09. The Morgan fingerprint density at radius 2 is 2.11 bits per heavy atom. The number of hydrogen-bond acceptors (Lipinski definition) is 4. The van der Waals surface area contributed by atoms with Crippen molar-refractivity contribution in [2.45, 2.75) is 6.54 Å². The molecule has 1 N–H and O–H groups in total. The number of aromatic hydroxyl groups is 1. The van der Waals surface area contributed by atoms with Crippen LogP contribution in [0.4, 0.5) is 0 Å². The highest BCUT2D eigenvalue weighted by Gasteiger charge is 2.16. The van der Waals surface area contributed by atoms with E-state index in [-0.39, 0.29) is 5.75 Å². The van der Waals surface area contributed by atoms with Gasteiger partial charge < -0.3 is 9.84 Å². The predicted molar refractivity (Wildman–Crippen MR) is 75.5 cm³/mol. The van der Waals surface area contributed by atoms with Crippen molar-refractivity contribution < 1.29 is 14.1 Å². The summed E-state index contributed by atoms with van der Waals surface area (Å²) in [6, 6.07) is 3.73. The minimum Gasteiger partial charge on any atom is -0.503 e. The van der Waals surface area contributed by atoms with E-state index in [1.165, 1.54) is 7.11 Å². The molecule has 1 aliphatic heterocycles. The molecule has 0 aliphatic carbocycles. The van der Waals surface area contributed by atoms with Crippen LogP contribution in [0.25, 0.3) is 0 Å². The van der Waals surface area contributed by atoms with Crippen LogP contribution < -0.4 is 4.74 Å². The van der Waals surface area contributed by atoms with Gasteiger partial charge in [0.15, 0.2) is 11.5 Å². The first-order valence-corrected chi connectivity index (χ1v) is 8.01. The van der Waals surface area contributed by atoms with Crippen LogP contribution in [0.2, 0.25) is 0 Å². The molecule has 100 valence electrons. The summed E-state index contributed by atoms with van der Waals surface area (Å²) in [5, 5.41) is 9.74. The normalized spacial score (nSPS) is 17.9. The van der Waals surface area contributed by atoms with E-state index < -0.39 is 10.8 Å². The van der Waals surface area contributed by atoms with E-state index >= 15 is 0 Å². The molecule has 2 rings (SSSR count). The number of methoxy groups -OCH3 is 1. The Labute approximate surface area is 118 Å². The summed E-state index contributed by atoms with van der Waals surface area (Å²) in [6.07, 6.45) is 0. The topological polar surface area (TPSA) is 49.8 Å². The highest BCUT2D eigenvalue weighted by molar-refractivity contribution is 9.10. The largest absolute Gasteiger partial charge is 0.503 e. The molecule has 1 fully saturated rings. The average Bonchev–Trinajstić information content (AvgIpc) is 2.36. The first-order chi connectivity index (χ1) is 8.60. The Balaban J connectivity index is 2.09.